The topological polar surface area (TPSA) is 66.5 Å². The highest BCUT2D eigenvalue weighted by Crippen LogP contribution is 2.48. The number of hydrogen-bond acceptors (Lipinski definition) is 4. The van der Waals surface area contributed by atoms with Crippen LogP contribution in [0.5, 0.6) is 0 Å². The van der Waals surface area contributed by atoms with Crippen molar-refractivity contribution in [2.45, 2.75) is 32.2 Å². The van der Waals surface area contributed by atoms with Crippen molar-refractivity contribution in [3.05, 3.63) is 12.2 Å². The fourth-order valence-electron chi connectivity index (χ4n) is 1.91. The summed E-state index contributed by atoms with van der Waals surface area (Å²) >= 11 is 0. The van der Waals surface area contributed by atoms with Crippen LogP contribution in [0.25, 0.3) is 0 Å². The van der Waals surface area contributed by atoms with Gasteiger partial charge in [-0.1, -0.05) is 0 Å². The number of nitrogens with zero attached hydrogens (tertiary/aromatic N) is 4. The van der Waals surface area contributed by atoms with Crippen LogP contribution in [0.1, 0.15) is 38.1 Å². The fraction of sp³-hybridized carbons (Fsp3) is 0.727. The molecule has 1 fully saturated rings. The molecule has 1 heterocycles. The average molecular weight is 219 g/mol. The molecule has 5 heteroatoms. The largest absolute Gasteiger partial charge is 0.319 e. The van der Waals surface area contributed by atoms with Crippen molar-refractivity contribution in [3.63, 3.8) is 0 Å². The summed E-state index contributed by atoms with van der Waals surface area (Å²) in [5.74, 6) is 0.938. The normalized spacial score (nSPS) is 19.1. The molecule has 1 aromatic rings. The molecule has 0 spiro atoms. The van der Waals surface area contributed by atoms with Gasteiger partial charge in [0.2, 0.25) is 0 Å². The molecule has 0 aromatic carbocycles. The molecule has 2 rings (SSSR count). The monoisotopic (exact) mass is 219 g/mol. The van der Waals surface area contributed by atoms with Crippen molar-refractivity contribution >= 4 is 0 Å². The van der Waals surface area contributed by atoms with Crippen LogP contribution in [0.15, 0.2) is 6.33 Å². The molecule has 1 aliphatic carbocycles. The van der Waals surface area contributed by atoms with Gasteiger partial charge < -0.3 is 9.88 Å². The van der Waals surface area contributed by atoms with E-state index < -0.39 is 0 Å². The minimum absolute atomic E-state index is 0.184. The second-order valence-corrected chi connectivity index (χ2v) is 4.74. The Morgan fingerprint density at radius 2 is 2.44 bits per heavy atom. The van der Waals surface area contributed by atoms with Crippen LogP contribution in [0.4, 0.5) is 0 Å². The van der Waals surface area contributed by atoms with E-state index in [0.29, 0.717) is 6.42 Å². The lowest BCUT2D eigenvalue weighted by Crippen LogP contribution is -2.28. The summed E-state index contributed by atoms with van der Waals surface area (Å²) < 4.78 is 1.92. The molecule has 1 N–H and O–H groups in total. The Kier molecular flexibility index (Phi) is 2.92. The van der Waals surface area contributed by atoms with Crippen LogP contribution in [0.2, 0.25) is 0 Å². The van der Waals surface area contributed by atoms with Crippen LogP contribution in [-0.4, -0.2) is 21.3 Å². The van der Waals surface area contributed by atoms with Gasteiger partial charge in [0.1, 0.15) is 12.2 Å². The van der Waals surface area contributed by atoms with Crippen molar-refractivity contribution in [2.75, 3.05) is 6.54 Å². The van der Waals surface area contributed by atoms with Gasteiger partial charge in [0.15, 0.2) is 0 Å². The maximum Gasteiger partial charge on any atom is 0.149 e. The van der Waals surface area contributed by atoms with Gasteiger partial charge in [-0.2, -0.15) is 5.26 Å². The highest BCUT2D eigenvalue weighted by molar-refractivity contribution is 5.02. The maximum atomic E-state index is 8.73. The van der Waals surface area contributed by atoms with Crippen molar-refractivity contribution in [1.29, 1.82) is 5.26 Å². The summed E-state index contributed by atoms with van der Waals surface area (Å²) in [7, 11) is 1.94. The minimum atomic E-state index is 0.184. The highest BCUT2D eigenvalue weighted by Gasteiger charge is 2.42. The van der Waals surface area contributed by atoms with Crippen molar-refractivity contribution in [3.8, 4) is 6.07 Å². The van der Waals surface area contributed by atoms with Gasteiger partial charge in [-0.15, -0.1) is 10.2 Å². The van der Waals surface area contributed by atoms with Gasteiger partial charge >= 0.3 is 0 Å². The Hall–Kier alpha value is -1.41. The van der Waals surface area contributed by atoms with Gasteiger partial charge in [-0.05, 0) is 25.2 Å². The van der Waals surface area contributed by atoms with Crippen molar-refractivity contribution in [1.82, 2.24) is 20.1 Å². The van der Waals surface area contributed by atoms with E-state index in [1.54, 1.807) is 6.33 Å². The number of rotatable bonds is 5. The lowest BCUT2D eigenvalue weighted by molar-refractivity contribution is 0.419. The zero-order valence-corrected chi connectivity index (χ0v) is 9.77. The molecule has 0 aliphatic heterocycles. The smallest absolute Gasteiger partial charge is 0.149 e. The van der Waals surface area contributed by atoms with Crippen LogP contribution >= 0.6 is 0 Å². The first-order valence-electron chi connectivity index (χ1n) is 5.61. The second-order valence-electron chi connectivity index (χ2n) is 4.74. The summed E-state index contributed by atoms with van der Waals surface area (Å²) in [5, 5.41) is 20.1. The third-order valence-electron chi connectivity index (χ3n) is 3.33. The molecule has 1 atom stereocenters. The molecule has 0 amide bonds. The van der Waals surface area contributed by atoms with E-state index in [1.807, 2.05) is 11.6 Å². The molecular weight excluding hydrogens is 202 g/mol. The predicted molar refractivity (Wildman–Crippen MR) is 59.3 cm³/mol. The standard InChI is InChI=1S/C11H17N5/c1-9(10-15-14-8-16(10)2)13-7-11(3-4-11)5-6-12/h8-9,13H,3-5,7H2,1-2H3. The number of aryl methyl sites for hydroxylation is 1. The Morgan fingerprint density at radius 3 is 2.94 bits per heavy atom. The van der Waals surface area contributed by atoms with Crippen LogP contribution in [0, 0.1) is 16.7 Å². The fourth-order valence-corrected chi connectivity index (χ4v) is 1.91. The first-order valence-corrected chi connectivity index (χ1v) is 5.61. The molecule has 1 aromatic heterocycles. The third-order valence-corrected chi connectivity index (χ3v) is 3.33. The van der Waals surface area contributed by atoms with Gasteiger partial charge in [-0.3, -0.25) is 0 Å². The van der Waals surface area contributed by atoms with E-state index in [4.69, 9.17) is 5.26 Å². The Balaban J connectivity index is 1.87. The van der Waals surface area contributed by atoms with E-state index in [9.17, 15) is 0 Å². The molecule has 0 bridgehead atoms. The summed E-state index contributed by atoms with van der Waals surface area (Å²) in [4.78, 5) is 0. The zero-order valence-electron chi connectivity index (χ0n) is 9.77. The number of nitriles is 1. The quantitative estimate of drug-likeness (QED) is 0.807. The first-order chi connectivity index (χ1) is 7.67. The van der Waals surface area contributed by atoms with Gasteiger partial charge in [-0.25, -0.2) is 0 Å². The lowest BCUT2D eigenvalue weighted by atomic mass is 10.0. The molecule has 16 heavy (non-hydrogen) atoms. The SMILES string of the molecule is CC(NCC1(CC#N)CC1)c1nncn1C. The van der Waals surface area contributed by atoms with Crippen molar-refractivity contribution < 1.29 is 0 Å². The summed E-state index contributed by atoms with van der Waals surface area (Å²) in [6, 6.07) is 2.45. The predicted octanol–water partition coefficient (Wildman–Crippen LogP) is 1.16. The van der Waals surface area contributed by atoms with Gasteiger partial charge in [0.25, 0.3) is 0 Å². The summed E-state index contributed by atoms with van der Waals surface area (Å²) in [6.07, 6.45) is 4.69. The van der Waals surface area contributed by atoms with E-state index in [-0.39, 0.29) is 11.5 Å². The molecule has 86 valence electrons. The highest BCUT2D eigenvalue weighted by atomic mass is 15.3. The molecule has 1 saturated carbocycles. The van der Waals surface area contributed by atoms with Gasteiger partial charge in [0, 0.05) is 20.0 Å². The zero-order chi connectivity index (χ0) is 11.6. The summed E-state index contributed by atoms with van der Waals surface area (Å²) in [5.41, 5.74) is 0.238. The van der Waals surface area contributed by atoms with Crippen molar-refractivity contribution in [2.24, 2.45) is 12.5 Å². The van der Waals surface area contributed by atoms with Gasteiger partial charge in [0.05, 0.1) is 12.1 Å². The minimum Gasteiger partial charge on any atom is -0.319 e. The molecule has 1 unspecified atom stereocenters. The second kappa shape index (κ2) is 4.22. The third kappa shape index (κ3) is 2.22. The number of aromatic nitrogens is 3. The molecule has 5 nitrogen and oxygen atoms in total. The average Bonchev–Trinajstić information content (AvgIpc) is 2.89. The number of hydrogen-bond donors (Lipinski definition) is 1. The van der Waals surface area contributed by atoms with Crippen LogP contribution in [-0.2, 0) is 7.05 Å². The first kappa shape index (κ1) is 11.1. The van der Waals surface area contributed by atoms with Crippen LogP contribution < -0.4 is 5.32 Å². The Labute approximate surface area is 95.5 Å². The van der Waals surface area contributed by atoms with E-state index >= 15 is 0 Å². The Bertz CT molecular complexity index is 399. The van der Waals surface area contributed by atoms with E-state index in [2.05, 4.69) is 28.5 Å². The molecule has 0 radical (unpaired) electrons. The summed E-state index contributed by atoms with van der Waals surface area (Å²) in [6.45, 7) is 2.97. The molecule has 1 aliphatic rings. The maximum absolute atomic E-state index is 8.73. The van der Waals surface area contributed by atoms with E-state index in [0.717, 1.165) is 12.4 Å². The lowest BCUT2D eigenvalue weighted by Gasteiger charge is -2.17. The molecule has 0 saturated heterocycles. The number of nitrogens with one attached hydrogen (secondary N) is 1. The Morgan fingerprint density at radius 1 is 1.69 bits per heavy atom. The van der Waals surface area contributed by atoms with E-state index in [1.165, 1.54) is 12.8 Å². The van der Waals surface area contributed by atoms with Crippen LogP contribution in [0.3, 0.4) is 0 Å². The molecular formula is C11H17N5.